The van der Waals surface area contributed by atoms with Crippen LogP contribution in [0.2, 0.25) is 0 Å². The first-order chi connectivity index (χ1) is 9.67. The number of hydrogen-bond donors (Lipinski definition) is 2. The maximum atomic E-state index is 11.9. The first-order valence-electron chi connectivity index (χ1n) is 7.33. The molecule has 1 amide bonds. The van der Waals surface area contributed by atoms with Gasteiger partial charge in [0.2, 0.25) is 15.9 Å². The van der Waals surface area contributed by atoms with Crippen molar-refractivity contribution in [2.24, 2.45) is 5.73 Å². The molecule has 7 nitrogen and oxygen atoms in total. The lowest BCUT2D eigenvalue weighted by molar-refractivity contribution is -0.132. The number of hydrogen-bond acceptors (Lipinski definition) is 5. The number of amides is 1. The average Bonchev–Trinajstić information content (AvgIpc) is 2.58. The summed E-state index contributed by atoms with van der Waals surface area (Å²) in [6, 6.07) is 0.268. The Morgan fingerprint density at radius 2 is 2.14 bits per heavy atom. The van der Waals surface area contributed by atoms with Gasteiger partial charge in [-0.3, -0.25) is 9.69 Å². The van der Waals surface area contributed by atoms with Crippen LogP contribution in [0, 0.1) is 0 Å². The number of aliphatic hydroxyl groups is 1. The van der Waals surface area contributed by atoms with Gasteiger partial charge >= 0.3 is 0 Å². The van der Waals surface area contributed by atoms with Crippen LogP contribution in [0.4, 0.5) is 0 Å². The molecule has 3 atom stereocenters. The highest BCUT2D eigenvalue weighted by atomic mass is 32.2. The molecular weight excluding hydrogens is 294 g/mol. The number of rotatable bonds is 6. The number of primary amides is 1. The predicted molar refractivity (Wildman–Crippen MR) is 79.0 cm³/mol. The minimum absolute atomic E-state index is 0.0247. The number of β-amino-alcohol motifs (C(OH)–C–C–N with tert-alkyl or cyclic N) is 1. The average molecular weight is 319 g/mol. The third-order valence-electron chi connectivity index (χ3n) is 4.91. The second-order valence-electron chi connectivity index (χ2n) is 6.33. The number of piperidine rings is 1. The number of nitrogens with two attached hydrogens (primary N) is 1. The number of carbonyl (C=O) groups excluding carboxylic acids is 1. The van der Waals surface area contributed by atoms with E-state index in [0.717, 1.165) is 42.7 Å². The molecule has 0 saturated carbocycles. The fraction of sp³-hybridized carbons (Fsp3) is 0.923. The number of sulfonamides is 1. The molecule has 0 aromatic heterocycles. The van der Waals surface area contributed by atoms with Crippen molar-refractivity contribution >= 4 is 15.9 Å². The van der Waals surface area contributed by atoms with Crippen LogP contribution in [0.3, 0.4) is 0 Å². The normalized spacial score (nSPS) is 31.5. The summed E-state index contributed by atoms with van der Waals surface area (Å²) in [4.78, 5) is 13.9. The van der Waals surface area contributed by atoms with Gasteiger partial charge < -0.3 is 10.8 Å². The highest BCUT2D eigenvalue weighted by Crippen LogP contribution is 2.43. The molecule has 0 spiro atoms. The Kier molecular flexibility index (Phi) is 4.63. The van der Waals surface area contributed by atoms with Gasteiger partial charge in [0.25, 0.3) is 0 Å². The first-order valence-corrected chi connectivity index (χ1v) is 9.18. The molecule has 122 valence electrons. The maximum absolute atomic E-state index is 11.9. The Morgan fingerprint density at radius 3 is 2.71 bits per heavy atom. The molecule has 3 N–H and O–H groups in total. The molecule has 8 heteroatoms. The fourth-order valence-corrected chi connectivity index (χ4v) is 4.12. The molecule has 2 aliphatic rings. The second kappa shape index (κ2) is 5.83. The summed E-state index contributed by atoms with van der Waals surface area (Å²) >= 11 is 0. The zero-order valence-corrected chi connectivity index (χ0v) is 13.5. The molecule has 2 heterocycles. The zero-order valence-electron chi connectivity index (χ0n) is 12.7. The molecule has 0 aliphatic carbocycles. The molecule has 2 bridgehead atoms. The van der Waals surface area contributed by atoms with Gasteiger partial charge in [-0.1, -0.05) is 0 Å². The van der Waals surface area contributed by atoms with Crippen molar-refractivity contribution in [3.05, 3.63) is 0 Å². The molecule has 0 radical (unpaired) electrons. The lowest BCUT2D eigenvalue weighted by Crippen LogP contribution is -2.60. The van der Waals surface area contributed by atoms with Crippen LogP contribution < -0.4 is 5.73 Å². The number of carbonyl (C=O) groups is 1. The summed E-state index contributed by atoms with van der Waals surface area (Å²) < 4.78 is 23.9. The van der Waals surface area contributed by atoms with Gasteiger partial charge in [-0.25, -0.2) is 12.7 Å². The Bertz CT molecular complexity index is 506. The Balaban J connectivity index is 2.06. The van der Waals surface area contributed by atoms with Gasteiger partial charge in [-0.15, -0.1) is 0 Å². The summed E-state index contributed by atoms with van der Waals surface area (Å²) in [6.07, 6.45) is 4.64. The van der Waals surface area contributed by atoms with Crippen molar-refractivity contribution in [3.8, 4) is 0 Å². The standard InChI is InChI=1S/C13H25N3O4S/c1-15(21(2,19)20)8-11(17)9-16-10-4-3-6-13(16,7-5-10)12(14)18/h10-11,17H,3-9H2,1-2H3,(H2,14,18)/t10-,11?,13+/m1/s1. The van der Waals surface area contributed by atoms with Crippen molar-refractivity contribution in [2.45, 2.75) is 49.8 Å². The van der Waals surface area contributed by atoms with E-state index >= 15 is 0 Å². The van der Waals surface area contributed by atoms with E-state index in [2.05, 4.69) is 0 Å². The van der Waals surface area contributed by atoms with Crippen molar-refractivity contribution < 1.29 is 18.3 Å². The number of likely N-dealkylation sites (N-methyl/N-ethyl adjacent to an activating group) is 1. The molecule has 1 unspecified atom stereocenters. The lowest BCUT2D eigenvalue weighted by Gasteiger charge is -2.43. The van der Waals surface area contributed by atoms with Crippen LogP contribution >= 0.6 is 0 Å². The fourth-order valence-electron chi connectivity index (χ4n) is 3.68. The van der Waals surface area contributed by atoms with Gasteiger partial charge in [-0.2, -0.15) is 0 Å². The van der Waals surface area contributed by atoms with E-state index in [-0.39, 0.29) is 25.0 Å². The van der Waals surface area contributed by atoms with Crippen LogP contribution in [0.25, 0.3) is 0 Å². The van der Waals surface area contributed by atoms with Gasteiger partial charge in [-0.05, 0) is 32.1 Å². The molecular formula is C13H25N3O4S. The summed E-state index contributed by atoms with van der Waals surface area (Å²) in [7, 11) is -1.88. The van der Waals surface area contributed by atoms with Gasteiger partial charge in [0, 0.05) is 26.2 Å². The Morgan fingerprint density at radius 1 is 1.48 bits per heavy atom. The smallest absolute Gasteiger partial charge is 0.237 e. The van der Waals surface area contributed by atoms with Crippen molar-refractivity contribution in [3.63, 3.8) is 0 Å². The maximum Gasteiger partial charge on any atom is 0.237 e. The lowest BCUT2D eigenvalue weighted by atomic mass is 9.87. The van der Waals surface area contributed by atoms with E-state index in [1.165, 1.54) is 7.05 Å². The third-order valence-corrected chi connectivity index (χ3v) is 6.19. The number of fused-ring (bicyclic) bond motifs is 2. The summed E-state index contributed by atoms with van der Waals surface area (Å²) in [5.41, 5.74) is 4.96. The Hall–Kier alpha value is -0.700. The van der Waals surface area contributed by atoms with E-state index in [1.807, 2.05) is 4.90 Å². The second-order valence-corrected chi connectivity index (χ2v) is 8.42. The van der Waals surface area contributed by atoms with Crippen LogP contribution in [-0.2, 0) is 14.8 Å². The topological polar surface area (TPSA) is 104 Å². The molecule has 2 saturated heterocycles. The summed E-state index contributed by atoms with van der Waals surface area (Å²) in [5.74, 6) is -0.326. The van der Waals surface area contributed by atoms with Crippen molar-refractivity contribution in [1.29, 1.82) is 0 Å². The largest absolute Gasteiger partial charge is 0.390 e. The van der Waals surface area contributed by atoms with Crippen LogP contribution in [0.1, 0.15) is 32.1 Å². The third kappa shape index (κ3) is 3.23. The van der Waals surface area contributed by atoms with Gasteiger partial charge in [0.15, 0.2) is 0 Å². The first kappa shape index (κ1) is 16.7. The molecule has 2 aliphatic heterocycles. The van der Waals surface area contributed by atoms with E-state index in [0.29, 0.717) is 0 Å². The SMILES string of the molecule is CN(CC(O)CN1[C@@H]2CCC[C@@]1(C(N)=O)CC2)S(C)(=O)=O. The molecule has 0 aromatic rings. The predicted octanol–water partition coefficient (Wildman–Crippen LogP) is -0.889. The number of nitrogens with zero attached hydrogens (tertiary/aromatic N) is 2. The van der Waals surface area contributed by atoms with E-state index in [4.69, 9.17) is 5.73 Å². The highest BCUT2D eigenvalue weighted by molar-refractivity contribution is 7.88. The molecule has 0 aromatic carbocycles. The number of aliphatic hydroxyl groups excluding tert-OH is 1. The van der Waals surface area contributed by atoms with E-state index < -0.39 is 21.7 Å². The van der Waals surface area contributed by atoms with E-state index in [9.17, 15) is 18.3 Å². The Labute approximate surface area is 126 Å². The van der Waals surface area contributed by atoms with Gasteiger partial charge in [0.05, 0.1) is 12.4 Å². The minimum atomic E-state index is -3.32. The zero-order chi connectivity index (χ0) is 15.8. The monoisotopic (exact) mass is 319 g/mol. The van der Waals surface area contributed by atoms with E-state index in [1.54, 1.807) is 0 Å². The summed E-state index contributed by atoms with van der Waals surface area (Å²) in [5, 5.41) is 10.2. The van der Waals surface area contributed by atoms with Crippen LogP contribution in [0.5, 0.6) is 0 Å². The summed E-state index contributed by atoms with van der Waals surface area (Å²) in [6.45, 7) is 0.310. The quantitative estimate of drug-likeness (QED) is 0.661. The molecule has 2 rings (SSSR count). The molecule has 21 heavy (non-hydrogen) atoms. The molecule has 2 fully saturated rings. The minimum Gasteiger partial charge on any atom is -0.390 e. The highest BCUT2D eigenvalue weighted by Gasteiger charge is 2.52. The van der Waals surface area contributed by atoms with Crippen molar-refractivity contribution in [1.82, 2.24) is 9.21 Å². The van der Waals surface area contributed by atoms with Crippen molar-refractivity contribution in [2.75, 3.05) is 26.4 Å². The van der Waals surface area contributed by atoms with Crippen LogP contribution in [0.15, 0.2) is 0 Å². The van der Waals surface area contributed by atoms with Crippen LogP contribution in [-0.4, -0.2) is 72.7 Å². The van der Waals surface area contributed by atoms with Gasteiger partial charge in [0.1, 0.15) is 5.54 Å².